The fourth-order valence-corrected chi connectivity index (χ4v) is 3.70. The number of hydrogen-bond donors (Lipinski definition) is 6. The zero-order valence-electron chi connectivity index (χ0n) is 21.4. The first-order valence-electron chi connectivity index (χ1n) is 11.9. The van der Waals surface area contributed by atoms with Gasteiger partial charge in [-0.1, -0.05) is 39.8 Å². The number of amides is 4. The van der Waals surface area contributed by atoms with Gasteiger partial charge < -0.3 is 26.0 Å². The van der Waals surface area contributed by atoms with Crippen molar-refractivity contribution >= 4 is 54.9 Å². The minimum Gasteiger partial charge on any atom is -0.456 e. The molecule has 1 aliphatic rings. The molecule has 0 radical (unpaired) electrons. The maximum absolute atomic E-state index is 13.0. The molecule has 0 aliphatic carbocycles. The van der Waals surface area contributed by atoms with Crippen LogP contribution in [-0.2, 0) is 28.7 Å². The maximum Gasteiger partial charge on any atom is 0.329 e. The van der Waals surface area contributed by atoms with Crippen molar-refractivity contribution in [1.82, 2.24) is 21.3 Å². The van der Waals surface area contributed by atoms with E-state index in [9.17, 15) is 24.0 Å². The highest BCUT2D eigenvalue weighted by molar-refractivity contribution is 7.80. The molecule has 0 unspecified atom stereocenters. The zero-order valence-corrected chi connectivity index (χ0v) is 23.2. The van der Waals surface area contributed by atoms with Crippen LogP contribution in [0.3, 0.4) is 0 Å². The molecule has 0 saturated carbocycles. The minimum atomic E-state index is -1.07. The van der Waals surface area contributed by atoms with Gasteiger partial charge in [0.05, 0.1) is 6.42 Å². The first-order valence-corrected chi connectivity index (χ1v) is 13.2. The normalized spacial score (nSPS) is 26.6. The molecule has 0 aromatic rings. The van der Waals surface area contributed by atoms with Crippen LogP contribution in [0, 0.1) is 11.8 Å². The molecule has 0 spiro atoms. The molecule has 202 valence electrons. The second kappa shape index (κ2) is 15.6. The molecule has 12 heteroatoms. The third-order valence-corrected chi connectivity index (χ3v) is 6.00. The standard InChI is InChI=1S/C24H38N4O6S2/c1-6-16-21(30)28-20(14(4)5)24(33)34-15(9-7-8-10-35)11-18(29)27-19(13(2)3)23(32)26-17(12-36)22(31)25-16/h6-7,9,13-15,17,19-20,35-36H,8,10-12H2,1-5H3,(H,25,31)(H,26,32)(H,27,29)(H,28,30)/b9-7+,16-6-/t15-,17+,19+,20-/m0/s1. The molecule has 1 saturated heterocycles. The number of nitrogens with one attached hydrogen (secondary N) is 4. The Labute approximate surface area is 223 Å². The predicted octanol–water partition coefficient (Wildman–Crippen LogP) is 0.894. The molecule has 4 amide bonds. The van der Waals surface area contributed by atoms with Gasteiger partial charge in [-0.3, -0.25) is 19.2 Å². The molecule has 1 heterocycles. The first-order chi connectivity index (χ1) is 16.9. The molecule has 36 heavy (non-hydrogen) atoms. The Bertz CT molecular complexity index is 875. The molecular formula is C24H38N4O6S2. The smallest absolute Gasteiger partial charge is 0.329 e. The minimum absolute atomic E-state index is 0.0477. The van der Waals surface area contributed by atoms with Gasteiger partial charge in [-0.15, -0.1) is 0 Å². The highest BCUT2D eigenvalue weighted by Gasteiger charge is 2.33. The number of ether oxygens (including phenoxy) is 1. The average Bonchev–Trinajstić information content (AvgIpc) is 2.81. The van der Waals surface area contributed by atoms with E-state index in [0.29, 0.717) is 12.2 Å². The molecule has 0 aromatic heterocycles. The van der Waals surface area contributed by atoms with E-state index in [1.54, 1.807) is 46.8 Å². The van der Waals surface area contributed by atoms with Gasteiger partial charge in [0, 0.05) is 5.75 Å². The Morgan fingerprint density at radius 1 is 0.944 bits per heavy atom. The van der Waals surface area contributed by atoms with Crippen LogP contribution in [0.5, 0.6) is 0 Å². The van der Waals surface area contributed by atoms with Crippen molar-refractivity contribution in [1.29, 1.82) is 0 Å². The topological polar surface area (TPSA) is 143 Å². The van der Waals surface area contributed by atoms with E-state index < -0.39 is 53.8 Å². The van der Waals surface area contributed by atoms with Crippen LogP contribution < -0.4 is 21.3 Å². The Kier molecular flexibility index (Phi) is 13.7. The second-order valence-corrected chi connectivity index (χ2v) is 9.85. The number of thiol groups is 2. The number of carbonyl (C=O) groups is 5. The lowest BCUT2D eigenvalue weighted by Crippen LogP contribution is -2.57. The number of esters is 1. The van der Waals surface area contributed by atoms with Crippen LogP contribution in [0.25, 0.3) is 0 Å². The quantitative estimate of drug-likeness (QED) is 0.127. The lowest BCUT2D eigenvalue weighted by molar-refractivity contribution is -0.153. The molecule has 0 aromatic carbocycles. The van der Waals surface area contributed by atoms with Crippen LogP contribution in [0.15, 0.2) is 23.9 Å². The van der Waals surface area contributed by atoms with E-state index in [-0.39, 0.29) is 29.7 Å². The van der Waals surface area contributed by atoms with E-state index in [4.69, 9.17) is 4.74 Å². The van der Waals surface area contributed by atoms with Crippen LogP contribution >= 0.6 is 25.3 Å². The fraction of sp³-hybridized carbons (Fsp3) is 0.625. The monoisotopic (exact) mass is 542 g/mol. The summed E-state index contributed by atoms with van der Waals surface area (Å²) in [6.45, 7) is 8.51. The number of carbonyl (C=O) groups excluding carboxylic acids is 5. The van der Waals surface area contributed by atoms with Crippen molar-refractivity contribution in [3.63, 3.8) is 0 Å². The van der Waals surface area contributed by atoms with E-state index in [1.165, 1.54) is 6.08 Å². The lowest BCUT2D eigenvalue weighted by atomic mass is 10.0. The third-order valence-electron chi connectivity index (χ3n) is 5.38. The first kappa shape index (κ1) is 31.6. The summed E-state index contributed by atoms with van der Waals surface area (Å²) in [5.41, 5.74) is -0.0921. The summed E-state index contributed by atoms with van der Waals surface area (Å²) in [6, 6.07) is -3.06. The molecule has 10 nitrogen and oxygen atoms in total. The van der Waals surface area contributed by atoms with E-state index >= 15 is 0 Å². The van der Waals surface area contributed by atoms with Gasteiger partial charge in [0.25, 0.3) is 5.91 Å². The maximum atomic E-state index is 13.0. The highest BCUT2D eigenvalue weighted by Crippen LogP contribution is 2.12. The lowest BCUT2D eigenvalue weighted by Gasteiger charge is -2.27. The van der Waals surface area contributed by atoms with Gasteiger partial charge in [0.2, 0.25) is 17.7 Å². The molecule has 4 N–H and O–H groups in total. The molecule has 0 bridgehead atoms. The Morgan fingerprint density at radius 3 is 2.11 bits per heavy atom. The van der Waals surface area contributed by atoms with Crippen molar-refractivity contribution in [2.24, 2.45) is 11.8 Å². The summed E-state index contributed by atoms with van der Waals surface area (Å²) in [6.07, 6.45) is 4.16. The molecular weight excluding hydrogens is 504 g/mol. The zero-order chi connectivity index (χ0) is 27.4. The highest BCUT2D eigenvalue weighted by atomic mass is 32.1. The van der Waals surface area contributed by atoms with Crippen molar-refractivity contribution in [2.75, 3.05) is 11.5 Å². The van der Waals surface area contributed by atoms with E-state index in [2.05, 4.69) is 46.5 Å². The molecule has 4 atom stereocenters. The van der Waals surface area contributed by atoms with Crippen LogP contribution in [0.4, 0.5) is 0 Å². The Morgan fingerprint density at radius 2 is 1.58 bits per heavy atom. The Balaban J connectivity index is 3.43. The summed E-state index contributed by atoms with van der Waals surface area (Å²) in [7, 11) is 0. The number of hydrogen-bond acceptors (Lipinski definition) is 8. The molecule has 1 rings (SSSR count). The van der Waals surface area contributed by atoms with Gasteiger partial charge in [0.15, 0.2) is 0 Å². The number of rotatable bonds is 6. The summed E-state index contributed by atoms with van der Waals surface area (Å²) < 4.78 is 5.59. The largest absolute Gasteiger partial charge is 0.456 e. The van der Waals surface area contributed by atoms with Crippen LogP contribution in [0.2, 0.25) is 0 Å². The van der Waals surface area contributed by atoms with Crippen molar-refractivity contribution in [3.8, 4) is 0 Å². The fourth-order valence-electron chi connectivity index (χ4n) is 3.30. The Hall–Kier alpha value is -2.47. The van der Waals surface area contributed by atoms with Gasteiger partial charge in [0.1, 0.15) is 29.9 Å². The van der Waals surface area contributed by atoms with Gasteiger partial charge in [-0.05, 0) is 37.0 Å². The summed E-state index contributed by atoms with van der Waals surface area (Å²) in [4.78, 5) is 64.5. The number of cyclic esters (lactones) is 1. The number of allylic oxidation sites excluding steroid dienone is 2. The van der Waals surface area contributed by atoms with Gasteiger partial charge in [-0.25, -0.2) is 4.79 Å². The van der Waals surface area contributed by atoms with E-state index in [0.717, 1.165) is 0 Å². The molecule has 1 fully saturated rings. The van der Waals surface area contributed by atoms with Gasteiger partial charge in [-0.2, -0.15) is 25.3 Å². The van der Waals surface area contributed by atoms with Crippen molar-refractivity contribution in [3.05, 3.63) is 23.9 Å². The van der Waals surface area contributed by atoms with Crippen LogP contribution in [0.1, 0.15) is 47.5 Å². The van der Waals surface area contributed by atoms with Gasteiger partial charge >= 0.3 is 5.97 Å². The SMILES string of the molecule is C/C=C1\NC(=O)[C@@H](CS)NC(=O)[C@@H](C(C)C)NC(=O)C[C@H](/C=C/CCS)OC(=O)[C@H](C(C)C)NC1=O. The van der Waals surface area contributed by atoms with Crippen LogP contribution in [-0.4, -0.2) is 65.3 Å². The second-order valence-electron chi connectivity index (χ2n) is 9.04. The summed E-state index contributed by atoms with van der Waals surface area (Å²) >= 11 is 8.31. The predicted molar refractivity (Wildman–Crippen MR) is 143 cm³/mol. The van der Waals surface area contributed by atoms with Crippen molar-refractivity contribution < 1.29 is 28.7 Å². The average molecular weight is 543 g/mol. The van der Waals surface area contributed by atoms with Crippen molar-refractivity contribution in [2.45, 2.75) is 71.7 Å². The van der Waals surface area contributed by atoms with E-state index in [1.807, 2.05) is 0 Å². The third kappa shape index (κ3) is 9.88. The summed E-state index contributed by atoms with van der Waals surface area (Å²) in [5.74, 6) is -3.32. The molecule has 1 aliphatic heterocycles. The summed E-state index contributed by atoms with van der Waals surface area (Å²) in [5, 5.41) is 10.3.